The highest BCUT2D eigenvalue weighted by Crippen LogP contribution is 2.34. The highest BCUT2D eigenvalue weighted by Gasteiger charge is 2.31. The van der Waals surface area contributed by atoms with Crippen molar-refractivity contribution in [3.63, 3.8) is 0 Å². The van der Waals surface area contributed by atoms with Gasteiger partial charge in [0.15, 0.2) is 0 Å². The zero-order valence-electron chi connectivity index (χ0n) is 12.3. The van der Waals surface area contributed by atoms with E-state index in [-0.39, 0.29) is 24.1 Å². The van der Waals surface area contributed by atoms with Gasteiger partial charge in [0.1, 0.15) is 11.5 Å². The van der Waals surface area contributed by atoms with E-state index < -0.39 is 11.7 Å². The maximum atomic E-state index is 13.3. The molecule has 0 spiro atoms. The van der Waals surface area contributed by atoms with Gasteiger partial charge < -0.3 is 15.4 Å². The van der Waals surface area contributed by atoms with Crippen molar-refractivity contribution >= 4 is 23.2 Å². The number of nitrogens with one attached hydrogen (secondary N) is 2. The largest absolute Gasteiger partial charge is 0.480 e. The van der Waals surface area contributed by atoms with E-state index >= 15 is 0 Å². The molecular weight excluding hydrogens is 301 g/mol. The molecule has 1 aromatic heterocycles. The van der Waals surface area contributed by atoms with Crippen molar-refractivity contribution in [3.05, 3.63) is 47.9 Å². The van der Waals surface area contributed by atoms with Crippen LogP contribution < -0.4 is 15.4 Å². The van der Waals surface area contributed by atoms with Crippen molar-refractivity contribution in [2.75, 3.05) is 17.7 Å². The Morgan fingerprint density at radius 2 is 2.26 bits per heavy atom. The first kappa shape index (κ1) is 15.0. The summed E-state index contributed by atoms with van der Waals surface area (Å²) in [7, 11) is 1.45. The highest BCUT2D eigenvalue weighted by molar-refractivity contribution is 6.05. The standard InChI is InChI=1S/C16H14FN3O3/c1-23-16-12(3-2-6-18-16)20-15(22)11-8-14(21)19-13-7-9(17)4-5-10(11)13/h2-7,11H,8H2,1H3,(H,19,21)(H,20,22)/t11-/m1/s1. The number of nitrogens with zero attached hydrogens (tertiary/aromatic N) is 1. The van der Waals surface area contributed by atoms with Crippen LogP contribution in [0.25, 0.3) is 0 Å². The van der Waals surface area contributed by atoms with E-state index in [9.17, 15) is 14.0 Å². The van der Waals surface area contributed by atoms with E-state index in [1.54, 1.807) is 18.3 Å². The molecule has 23 heavy (non-hydrogen) atoms. The first-order chi connectivity index (χ1) is 11.1. The van der Waals surface area contributed by atoms with Crippen LogP contribution in [0, 0.1) is 5.82 Å². The number of halogens is 1. The Bertz CT molecular complexity index is 779. The van der Waals surface area contributed by atoms with Crippen molar-refractivity contribution in [2.45, 2.75) is 12.3 Å². The monoisotopic (exact) mass is 315 g/mol. The van der Waals surface area contributed by atoms with Crippen LogP contribution >= 0.6 is 0 Å². The second kappa shape index (κ2) is 6.04. The van der Waals surface area contributed by atoms with Gasteiger partial charge in [-0.1, -0.05) is 6.07 Å². The Morgan fingerprint density at radius 3 is 3.04 bits per heavy atom. The number of anilines is 2. The van der Waals surface area contributed by atoms with E-state index in [0.29, 0.717) is 16.9 Å². The fourth-order valence-corrected chi connectivity index (χ4v) is 2.54. The van der Waals surface area contributed by atoms with Crippen LogP contribution in [0.4, 0.5) is 15.8 Å². The third kappa shape index (κ3) is 2.98. The number of ether oxygens (including phenoxy) is 1. The van der Waals surface area contributed by atoms with Gasteiger partial charge in [-0.15, -0.1) is 0 Å². The van der Waals surface area contributed by atoms with Gasteiger partial charge in [0, 0.05) is 18.3 Å². The van der Waals surface area contributed by atoms with Gasteiger partial charge in [-0.25, -0.2) is 9.37 Å². The van der Waals surface area contributed by atoms with Crippen LogP contribution in [-0.2, 0) is 9.59 Å². The Hall–Kier alpha value is -2.96. The summed E-state index contributed by atoms with van der Waals surface area (Å²) >= 11 is 0. The molecule has 2 amide bonds. The molecule has 2 heterocycles. The van der Waals surface area contributed by atoms with Gasteiger partial charge in [0.2, 0.25) is 17.7 Å². The van der Waals surface area contributed by atoms with Crippen molar-refractivity contribution < 1.29 is 18.7 Å². The second-order valence-corrected chi connectivity index (χ2v) is 5.09. The molecule has 7 heteroatoms. The van der Waals surface area contributed by atoms with E-state index in [4.69, 9.17) is 4.74 Å². The minimum atomic E-state index is -0.704. The van der Waals surface area contributed by atoms with Crippen LogP contribution in [0.2, 0.25) is 0 Å². The molecule has 2 aromatic rings. The number of benzene rings is 1. The van der Waals surface area contributed by atoms with Crippen LogP contribution in [0.1, 0.15) is 17.9 Å². The summed E-state index contributed by atoms with van der Waals surface area (Å²) in [5, 5.41) is 5.28. The number of carbonyl (C=O) groups is 2. The van der Waals surface area contributed by atoms with Gasteiger partial charge >= 0.3 is 0 Å². The van der Waals surface area contributed by atoms with Gasteiger partial charge in [-0.2, -0.15) is 0 Å². The Labute approximate surface area is 131 Å². The van der Waals surface area contributed by atoms with Gasteiger partial charge in [0.05, 0.1) is 13.0 Å². The Balaban J connectivity index is 1.90. The number of fused-ring (bicyclic) bond motifs is 1. The number of aromatic nitrogens is 1. The Kier molecular flexibility index (Phi) is 3.92. The van der Waals surface area contributed by atoms with Gasteiger partial charge in [0.25, 0.3) is 0 Å². The third-order valence-corrected chi connectivity index (χ3v) is 3.59. The molecule has 0 radical (unpaired) electrons. The van der Waals surface area contributed by atoms with Crippen LogP contribution in [-0.4, -0.2) is 23.9 Å². The number of amides is 2. The molecule has 0 bridgehead atoms. The van der Waals surface area contributed by atoms with E-state index in [1.165, 1.54) is 25.3 Å². The Morgan fingerprint density at radius 1 is 1.43 bits per heavy atom. The molecule has 0 unspecified atom stereocenters. The molecule has 3 rings (SSSR count). The molecule has 6 nitrogen and oxygen atoms in total. The first-order valence-corrected chi connectivity index (χ1v) is 6.97. The predicted octanol–water partition coefficient (Wildman–Crippen LogP) is 2.29. The summed E-state index contributed by atoms with van der Waals surface area (Å²) in [6.07, 6.45) is 1.54. The molecule has 2 N–H and O–H groups in total. The third-order valence-electron chi connectivity index (χ3n) is 3.59. The van der Waals surface area contributed by atoms with Gasteiger partial charge in [-0.3, -0.25) is 9.59 Å². The smallest absolute Gasteiger partial charge is 0.237 e. The number of rotatable bonds is 3. The fourth-order valence-electron chi connectivity index (χ4n) is 2.54. The molecule has 1 atom stereocenters. The minimum Gasteiger partial charge on any atom is -0.480 e. The molecule has 0 saturated carbocycles. The lowest BCUT2D eigenvalue weighted by Crippen LogP contribution is -2.31. The lowest BCUT2D eigenvalue weighted by Gasteiger charge is -2.25. The van der Waals surface area contributed by atoms with E-state index in [0.717, 1.165) is 0 Å². The summed E-state index contributed by atoms with van der Waals surface area (Å²) in [5.74, 6) is -1.61. The molecule has 1 aliphatic rings. The molecular formula is C16H14FN3O3. The average Bonchev–Trinajstić information content (AvgIpc) is 2.54. The number of methoxy groups -OCH3 is 1. The van der Waals surface area contributed by atoms with Crippen LogP contribution in [0.5, 0.6) is 5.88 Å². The molecule has 0 aliphatic carbocycles. The van der Waals surface area contributed by atoms with Crippen LogP contribution in [0.15, 0.2) is 36.5 Å². The number of hydrogen-bond donors (Lipinski definition) is 2. The van der Waals surface area contributed by atoms with Crippen molar-refractivity contribution in [1.82, 2.24) is 4.98 Å². The number of pyridine rings is 1. The van der Waals surface area contributed by atoms with Crippen molar-refractivity contribution in [3.8, 4) is 5.88 Å². The maximum absolute atomic E-state index is 13.3. The minimum absolute atomic E-state index is 0.00690. The summed E-state index contributed by atoms with van der Waals surface area (Å²) in [4.78, 5) is 28.3. The zero-order valence-corrected chi connectivity index (χ0v) is 12.3. The molecule has 0 fully saturated rings. The predicted molar refractivity (Wildman–Crippen MR) is 81.8 cm³/mol. The molecule has 1 aliphatic heterocycles. The second-order valence-electron chi connectivity index (χ2n) is 5.09. The van der Waals surface area contributed by atoms with Crippen molar-refractivity contribution in [1.29, 1.82) is 0 Å². The zero-order chi connectivity index (χ0) is 16.4. The number of carbonyl (C=O) groups excluding carboxylic acids is 2. The normalized spacial score (nSPS) is 16.3. The summed E-state index contributed by atoms with van der Waals surface area (Å²) in [5.41, 5.74) is 1.31. The number of hydrogen-bond acceptors (Lipinski definition) is 4. The molecule has 118 valence electrons. The quantitative estimate of drug-likeness (QED) is 0.910. The summed E-state index contributed by atoms with van der Waals surface area (Å²) in [6, 6.07) is 7.29. The lowest BCUT2D eigenvalue weighted by atomic mass is 9.89. The van der Waals surface area contributed by atoms with E-state index in [2.05, 4.69) is 15.6 Å². The fraction of sp³-hybridized carbons (Fsp3) is 0.188. The first-order valence-electron chi connectivity index (χ1n) is 6.97. The van der Waals surface area contributed by atoms with E-state index in [1.807, 2.05) is 0 Å². The van der Waals surface area contributed by atoms with Crippen molar-refractivity contribution in [2.24, 2.45) is 0 Å². The SMILES string of the molecule is COc1ncccc1NC(=O)[C@@H]1CC(=O)Nc2cc(F)ccc21. The maximum Gasteiger partial charge on any atom is 0.237 e. The topological polar surface area (TPSA) is 80.3 Å². The van der Waals surface area contributed by atoms with Gasteiger partial charge in [-0.05, 0) is 29.8 Å². The molecule has 1 aromatic carbocycles. The summed E-state index contributed by atoms with van der Waals surface area (Å²) in [6.45, 7) is 0. The van der Waals surface area contributed by atoms with Crippen LogP contribution in [0.3, 0.4) is 0 Å². The highest BCUT2D eigenvalue weighted by atomic mass is 19.1. The average molecular weight is 315 g/mol. The lowest BCUT2D eigenvalue weighted by molar-refractivity contribution is -0.123. The molecule has 0 saturated heterocycles. The summed E-state index contributed by atoms with van der Waals surface area (Å²) < 4.78 is 18.4.